The maximum absolute atomic E-state index is 14.3. The second-order valence-corrected chi connectivity index (χ2v) is 8.80. The topological polar surface area (TPSA) is 156 Å². The monoisotopic (exact) mass is 513 g/mol. The van der Waals surface area contributed by atoms with Crippen LogP contribution in [0.1, 0.15) is 39.7 Å². The van der Waals surface area contributed by atoms with Gasteiger partial charge in [-0.2, -0.15) is 5.10 Å². The molecule has 37 heavy (non-hydrogen) atoms. The molecule has 0 bridgehead atoms. The van der Waals surface area contributed by atoms with E-state index in [1.54, 1.807) is 18.2 Å². The SMILES string of the molecule is O.O=C(O)c1coc(CN2CCC(CNC(=O)c3n[nH]c4ccc(-c5cccc(F)c5F)cc34)CC2)n1. The number of amides is 1. The smallest absolute Gasteiger partial charge is 0.357 e. The minimum atomic E-state index is -1.12. The van der Waals surface area contributed by atoms with Crippen LogP contribution < -0.4 is 5.32 Å². The Bertz CT molecular complexity index is 1430. The molecule has 1 amide bonds. The second-order valence-electron chi connectivity index (χ2n) is 8.80. The number of carbonyl (C=O) groups excluding carboxylic acids is 1. The van der Waals surface area contributed by atoms with Crippen LogP contribution in [0.5, 0.6) is 0 Å². The van der Waals surface area contributed by atoms with Gasteiger partial charge in [0.2, 0.25) is 5.89 Å². The molecule has 1 saturated heterocycles. The Hall–Kier alpha value is -4.16. The highest BCUT2D eigenvalue weighted by Crippen LogP contribution is 2.28. The van der Waals surface area contributed by atoms with Gasteiger partial charge >= 0.3 is 5.97 Å². The number of piperidine rings is 1. The van der Waals surface area contributed by atoms with E-state index in [4.69, 9.17) is 9.52 Å². The van der Waals surface area contributed by atoms with Gasteiger partial charge in [0.1, 0.15) is 6.26 Å². The van der Waals surface area contributed by atoms with E-state index in [0.717, 1.165) is 38.3 Å². The number of carboxylic acid groups (broad SMARTS) is 1. The summed E-state index contributed by atoms with van der Waals surface area (Å²) in [5.74, 6) is -2.71. The Labute approximate surface area is 209 Å². The van der Waals surface area contributed by atoms with E-state index in [1.807, 2.05) is 0 Å². The lowest BCUT2D eigenvalue weighted by Crippen LogP contribution is -2.38. The fourth-order valence-corrected chi connectivity index (χ4v) is 4.42. The van der Waals surface area contributed by atoms with Gasteiger partial charge in [0.15, 0.2) is 23.0 Å². The quantitative estimate of drug-likeness (QED) is 0.343. The van der Waals surface area contributed by atoms with Gasteiger partial charge in [-0.3, -0.25) is 14.8 Å². The van der Waals surface area contributed by atoms with Crippen molar-refractivity contribution >= 4 is 22.8 Å². The summed E-state index contributed by atoms with van der Waals surface area (Å²) >= 11 is 0. The Morgan fingerprint density at radius 1 is 1.19 bits per heavy atom. The van der Waals surface area contributed by atoms with Crippen molar-refractivity contribution in [3.8, 4) is 11.1 Å². The van der Waals surface area contributed by atoms with Crippen LogP contribution >= 0.6 is 0 Å². The second kappa shape index (κ2) is 10.8. The summed E-state index contributed by atoms with van der Waals surface area (Å²) in [5, 5.41) is 19.4. The number of nitrogens with zero attached hydrogens (tertiary/aromatic N) is 3. The molecule has 0 spiro atoms. The first kappa shape index (κ1) is 25.9. The highest BCUT2D eigenvalue weighted by atomic mass is 19.2. The minimum absolute atomic E-state index is 0. The lowest BCUT2D eigenvalue weighted by molar-refractivity contribution is 0.0690. The van der Waals surface area contributed by atoms with Gasteiger partial charge < -0.3 is 20.3 Å². The number of carboxylic acids is 1. The number of rotatable bonds is 7. The molecule has 10 nitrogen and oxygen atoms in total. The van der Waals surface area contributed by atoms with Gasteiger partial charge in [-0.1, -0.05) is 18.2 Å². The average molecular weight is 514 g/mol. The molecule has 1 aliphatic rings. The van der Waals surface area contributed by atoms with Gasteiger partial charge in [-0.25, -0.2) is 18.6 Å². The molecule has 5 N–H and O–H groups in total. The molecule has 3 heterocycles. The standard InChI is InChI=1S/C25H23F2N5O4.H2O/c26-18-3-1-2-16(22(18)27)15-4-5-19-17(10-15)23(31-30-19)24(33)28-11-14-6-8-32(9-7-14)12-21-29-20(13-36-21)25(34)35;/h1-5,10,13-14H,6-9,11-12H2,(H,28,33)(H,30,31)(H,34,35);1H2. The van der Waals surface area contributed by atoms with Gasteiger partial charge in [-0.15, -0.1) is 0 Å². The third kappa shape index (κ3) is 5.49. The first-order valence-corrected chi connectivity index (χ1v) is 11.5. The van der Waals surface area contributed by atoms with E-state index in [9.17, 15) is 18.4 Å². The maximum atomic E-state index is 14.3. The van der Waals surface area contributed by atoms with Crippen LogP contribution in [0.25, 0.3) is 22.0 Å². The number of aromatic amines is 1. The predicted molar refractivity (Wildman–Crippen MR) is 129 cm³/mol. The van der Waals surface area contributed by atoms with E-state index in [1.165, 1.54) is 12.1 Å². The number of hydrogen-bond acceptors (Lipinski definition) is 6. The number of oxazole rings is 1. The van der Waals surface area contributed by atoms with Crippen molar-refractivity contribution in [3.05, 3.63) is 71.6 Å². The molecule has 12 heteroatoms. The van der Waals surface area contributed by atoms with Crippen LogP contribution in [0.3, 0.4) is 0 Å². The summed E-state index contributed by atoms with van der Waals surface area (Å²) in [6.07, 6.45) is 2.82. The van der Waals surface area contributed by atoms with Crippen molar-refractivity contribution in [2.75, 3.05) is 19.6 Å². The molecule has 2 aromatic carbocycles. The molecule has 0 atom stereocenters. The van der Waals surface area contributed by atoms with Crippen LogP contribution in [0, 0.1) is 17.6 Å². The largest absolute Gasteiger partial charge is 0.476 e. The summed E-state index contributed by atoms with van der Waals surface area (Å²) in [6.45, 7) is 2.43. The van der Waals surface area contributed by atoms with Crippen molar-refractivity contribution in [2.45, 2.75) is 19.4 Å². The fourth-order valence-electron chi connectivity index (χ4n) is 4.42. The molecular formula is C25H25F2N5O5. The number of hydrogen-bond donors (Lipinski definition) is 3. The summed E-state index contributed by atoms with van der Waals surface area (Å²) < 4.78 is 33.2. The zero-order valence-corrected chi connectivity index (χ0v) is 19.6. The lowest BCUT2D eigenvalue weighted by Gasteiger charge is -2.31. The van der Waals surface area contributed by atoms with Crippen LogP contribution in [-0.2, 0) is 6.54 Å². The zero-order valence-electron chi connectivity index (χ0n) is 19.6. The Morgan fingerprint density at radius 2 is 1.97 bits per heavy atom. The van der Waals surface area contributed by atoms with Gasteiger partial charge in [-0.05, 0) is 55.6 Å². The maximum Gasteiger partial charge on any atom is 0.357 e. The number of carbonyl (C=O) groups is 2. The highest BCUT2D eigenvalue weighted by Gasteiger charge is 2.23. The number of nitrogens with one attached hydrogen (secondary N) is 2. The number of H-pyrrole nitrogens is 1. The van der Waals surface area contributed by atoms with Crippen LogP contribution in [0.15, 0.2) is 47.1 Å². The Kier molecular flexibility index (Phi) is 7.60. The van der Waals surface area contributed by atoms with E-state index in [0.29, 0.717) is 35.4 Å². The molecule has 0 radical (unpaired) electrons. The summed E-state index contributed by atoms with van der Waals surface area (Å²) in [4.78, 5) is 29.9. The average Bonchev–Trinajstić information content (AvgIpc) is 3.52. The van der Waals surface area contributed by atoms with Crippen molar-refractivity contribution in [1.82, 2.24) is 25.4 Å². The Morgan fingerprint density at radius 3 is 2.70 bits per heavy atom. The first-order valence-electron chi connectivity index (χ1n) is 11.5. The molecule has 2 aromatic heterocycles. The van der Waals surface area contributed by atoms with E-state index >= 15 is 0 Å². The zero-order chi connectivity index (χ0) is 25.2. The molecule has 4 aromatic rings. The number of halogens is 2. The van der Waals surface area contributed by atoms with Crippen LogP contribution in [0.4, 0.5) is 8.78 Å². The summed E-state index contributed by atoms with van der Waals surface area (Å²) in [5.41, 5.74) is 1.26. The minimum Gasteiger partial charge on any atom is -0.476 e. The van der Waals surface area contributed by atoms with Crippen LogP contribution in [0.2, 0.25) is 0 Å². The number of likely N-dealkylation sites (tertiary alicyclic amines) is 1. The first-order chi connectivity index (χ1) is 17.4. The third-order valence-electron chi connectivity index (χ3n) is 6.43. The molecule has 194 valence electrons. The van der Waals surface area contributed by atoms with Crippen molar-refractivity contribution in [1.29, 1.82) is 0 Å². The van der Waals surface area contributed by atoms with E-state index in [-0.39, 0.29) is 34.3 Å². The van der Waals surface area contributed by atoms with Crippen LogP contribution in [-0.4, -0.2) is 62.2 Å². The van der Waals surface area contributed by atoms with Crippen molar-refractivity contribution in [3.63, 3.8) is 0 Å². The molecule has 0 aliphatic carbocycles. The van der Waals surface area contributed by atoms with E-state index < -0.39 is 17.6 Å². The van der Waals surface area contributed by atoms with Crippen molar-refractivity contribution < 1.29 is 33.4 Å². The Balaban J connectivity index is 0.00000320. The van der Waals surface area contributed by atoms with Gasteiger partial charge in [0, 0.05) is 17.5 Å². The highest BCUT2D eigenvalue weighted by molar-refractivity contribution is 6.05. The fraction of sp³-hybridized carbons (Fsp3) is 0.280. The number of fused-ring (bicyclic) bond motifs is 1. The predicted octanol–water partition coefficient (Wildman–Crippen LogP) is 3.01. The lowest BCUT2D eigenvalue weighted by atomic mass is 9.96. The van der Waals surface area contributed by atoms with Gasteiger partial charge in [0.05, 0.1) is 12.1 Å². The third-order valence-corrected chi connectivity index (χ3v) is 6.43. The molecule has 1 fully saturated rings. The summed E-state index contributed by atoms with van der Waals surface area (Å²) in [6, 6.07) is 8.93. The molecule has 0 saturated carbocycles. The number of aromatic carboxylic acids is 1. The molecule has 5 rings (SSSR count). The number of benzene rings is 2. The number of aromatic nitrogens is 3. The molecule has 0 unspecified atom stereocenters. The van der Waals surface area contributed by atoms with Gasteiger partial charge in [0.25, 0.3) is 5.91 Å². The molecule has 1 aliphatic heterocycles. The summed E-state index contributed by atoms with van der Waals surface area (Å²) in [7, 11) is 0. The molecular weight excluding hydrogens is 488 g/mol. The van der Waals surface area contributed by atoms with E-state index in [2.05, 4.69) is 25.4 Å². The normalized spacial score (nSPS) is 14.4. The van der Waals surface area contributed by atoms with Crippen molar-refractivity contribution in [2.24, 2.45) is 5.92 Å².